The van der Waals surface area contributed by atoms with E-state index in [1.165, 1.54) is 0 Å². The molecule has 0 atom stereocenters. The molecule has 0 spiro atoms. The number of nitrogens with zero attached hydrogens (tertiary/aromatic N) is 5. The number of furan rings is 1. The first-order valence-electron chi connectivity index (χ1n) is 17.0. The maximum atomic E-state index is 6.32. The van der Waals surface area contributed by atoms with Crippen LogP contribution in [0, 0.1) is 0 Å². The van der Waals surface area contributed by atoms with Crippen molar-refractivity contribution in [2.45, 2.75) is 0 Å². The van der Waals surface area contributed by atoms with E-state index in [4.69, 9.17) is 19.4 Å². The Morgan fingerprint density at radius 1 is 0.333 bits per heavy atom. The van der Waals surface area contributed by atoms with E-state index < -0.39 is 0 Å². The number of fused-ring (bicyclic) bond motifs is 9. The minimum Gasteiger partial charge on any atom is -0.456 e. The van der Waals surface area contributed by atoms with Crippen molar-refractivity contribution in [3.05, 3.63) is 164 Å². The van der Waals surface area contributed by atoms with Gasteiger partial charge in [-0.05, 0) is 53.6 Å². The molecule has 0 aliphatic carbocycles. The SMILES string of the molecule is c1ccc(-c2ccc3c4ccccc4n(-c4nc(-c5ccc6c(c5)oc5ccccc56)nc(-n5c6ccccc6c6ccccc65)n4)c3c2)cc1. The monoisotopic (exact) mass is 653 g/mol. The van der Waals surface area contributed by atoms with Crippen LogP contribution in [0.3, 0.4) is 0 Å². The van der Waals surface area contributed by atoms with Gasteiger partial charge in [-0.2, -0.15) is 15.0 Å². The summed E-state index contributed by atoms with van der Waals surface area (Å²) in [4.78, 5) is 15.8. The lowest BCUT2D eigenvalue weighted by molar-refractivity contribution is 0.669. The highest BCUT2D eigenvalue weighted by molar-refractivity contribution is 6.11. The molecule has 0 N–H and O–H groups in total. The van der Waals surface area contributed by atoms with Crippen molar-refractivity contribution < 1.29 is 4.42 Å². The fourth-order valence-corrected chi connectivity index (χ4v) is 7.68. The van der Waals surface area contributed by atoms with Crippen LogP contribution in [0.25, 0.3) is 100.0 Å². The van der Waals surface area contributed by atoms with Gasteiger partial charge in [-0.15, -0.1) is 0 Å². The first-order valence-corrected chi connectivity index (χ1v) is 17.0. The molecule has 0 amide bonds. The normalized spacial score (nSPS) is 11.9. The highest BCUT2D eigenvalue weighted by atomic mass is 16.3. The lowest BCUT2D eigenvalue weighted by Crippen LogP contribution is -2.10. The molecular formula is C45H27N5O. The summed E-state index contributed by atoms with van der Waals surface area (Å²) in [5.74, 6) is 1.64. The molecule has 4 heterocycles. The van der Waals surface area contributed by atoms with Gasteiger partial charge < -0.3 is 4.42 Å². The van der Waals surface area contributed by atoms with Crippen LogP contribution in [0.1, 0.15) is 0 Å². The molecular weight excluding hydrogens is 627 g/mol. The Labute approximate surface area is 291 Å². The number of hydrogen-bond acceptors (Lipinski definition) is 4. The molecule has 0 bridgehead atoms. The molecule has 6 heteroatoms. The Hall–Kier alpha value is -7.05. The third-order valence-electron chi connectivity index (χ3n) is 10.0. The molecule has 6 nitrogen and oxygen atoms in total. The Balaban J connectivity index is 1.23. The Bertz CT molecular complexity index is 3100. The van der Waals surface area contributed by atoms with Crippen molar-refractivity contribution in [3.63, 3.8) is 0 Å². The van der Waals surface area contributed by atoms with E-state index >= 15 is 0 Å². The lowest BCUT2D eigenvalue weighted by Gasteiger charge is -2.13. The van der Waals surface area contributed by atoms with Crippen molar-refractivity contribution in [1.82, 2.24) is 24.1 Å². The van der Waals surface area contributed by atoms with E-state index in [0.29, 0.717) is 17.7 Å². The minimum atomic E-state index is 0.540. The van der Waals surface area contributed by atoms with E-state index in [2.05, 4.69) is 143 Å². The first kappa shape index (κ1) is 27.9. The van der Waals surface area contributed by atoms with Gasteiger partial charge in [0, 0.05) is 37.9 Å². The molecule has 0 fully saturated rings. The summed E-state index contributed by atoms with van der Waals surface area (Å²) in [5.41, 5.74) is 8.87. The quantitative estimate of drug-likeness (QED) is 0.190. The van der Waals surface area contributed by atoms with Gasteiger partial charge in [-0.3, -0.25) is 9.13 Å². The van der Waals surface area contributed by atoms with Gasteiger partial charge in [0.2, 0.25) is 11.9 Å². The summed E-state index contributed by atoms with van der Waals surface area (Å²) in [6.07, 6.45) is 0. The third kappa shape index (κ3) is 4.20. The standard InChI is InChI=1S/C45H27N5O/c1-2-12-28(13-3-1)29-22-24-34-33-16-6-10-20-39(33)50(40(34)26-29)45-47-43(30-23-25-36-35-17-7-11-21-41(35)51-42(36)27-30)46-44(48-45)49-37-18-8-4-14-31(37)32-15-5-9-19-38(32)49/h1-27H. The van der Waals surface area contributed by atoms with E-state index in [-0.39, 0.29) is 0 Å². The second-order valence-corrected chi connectivity index (χ2v) is 12.9. The van der Waals surface area contributed by atoms with Crippen LogP contribution in [0.4, 0.5) is 0 Å². The topological polar surface area (TPSA) is 61.7 Å². The largest absolute Gasteiger partial charge is 0.456 e. The maximum absolute atomic E-state index is 6.32. The smallest absolute Gasteiger partial charge is 0.240 e. The van der Waals surface area contributed by atoms with E-state index in [0.717, 1.165) is 82.2 Å². The van der Waals surface area contributed by atoms with Crippen molar-refractivity contribution in [2.24, 2.45) is 0 Å². The second kappa shape index (κ2) is 10.7. The molecule has 11 rings (SSSR count). The molecule has 0 aliphatic heterocycles. The van der Waals surface area contributed by atoms with Crippen molar-refractivity contribution in [2.75, 3.05) is 0 Å². The summed E-state index contributed by atoms with van der Waals surface area (Å²) in [5, 5.41) is 6.70. The van der Waals surface area contributed by atoms with Crippen molar-refractivity contribution >= 4 is 65.6 Å². The van der Waals surface area contributed by atoms with Crippen LogP contribution in [0.5, 0.6) is 0 Å². The molecule has 4 aromatic heterocycles. The Morgan fingerprint density at radius 2 is 0.824 bits per heavy atom. The van der Waals surface area contributed by atoms with Gasteiger partial charge in [-0.1, -0.05) is 121 Å². The summed E-state index contributed by atoms with van der Waals surface area (Å²) in [7, 11) is 0. The number of para-hydroxylation sites is 4. The van der Waals surface area contributed by atoms with Gasteiger partial charge >= 0.3 is 0 Å². The van der Waals surface area contributed by atoms with Crippen LogP contribution in [-0.4, -0.2) is 24.1 Å². The average molecular weight is 654 g/mol. The van der Waals surface area contributed by atoms with Gasteiger partial charge in [0.05, 0.1) is 22.1 Å². The van der Waals surface area contributed by atoms with Gasteiger partial charge in [0.25, 0.3) is 0 Å². The molecule has 0 radical (unpaired) electrons. The van der Waals surface area contributed by atoms with Gasteiger partial charge in [-0.25, -0.2) is 0 Å². The highest BCUT2D eigenvalue weighted by Gasteiger charge is 2.21. The molecule has 7 aromatic carbocycles. The summed E-state index contributed by atoms with van der Waals surface area (Å²) in [6, 6.07) is 56.8. The molecule has 51 heavy (non-hydrogen) atoms. The molecule has 0 aliphatic rings. The van der Waals surface area contributed by atoms with Gasteiger partial charge in [0.15, 0.2) is 5.82 Å². The Morgan fingerprint density at radius 3 is 1.49 bits per heavy atom. The van der Waals surface area contributed by atoms with E-state index in [1.54, 1.807) is 0 Å². The fourth-order valence-electron chi connectivity index (χ4n) is 7.68. The molecule has 0 saturated heterocycles. The molecule has 0 saturated carbocycles. The van der Waals surface area contributed by atoms with E-state index in [9.17, 15) is 0 Å². The van der Waals surface area contributed by atoms with Crippen LogP contribution in [-0.2, 0) is 0 Å². The van der Waals surface area contributed by atoms with Crippen LogP contribution >= 0.6 is 0 Å². The summed E-state index contributed by atoms with van der Waals surface area (Å²) in [6.45, 7) is 0. The zero-order valence-corrected chi connectivity index (χ0v) is 27.2. The molecule has 0 unspecified atom stereocenters. The lowest BCUT2D eigenvalue weighted by atomic mass is 10.0. The van der Waals surface area contributed by atoms with Crippen molar-refractivity contribution in [3.8, 4) is 34.4 Å². The van der Waals surface area contributed by atoms with Crippen LogP contribution in [0.2, 0.25) is 0 Å². The van der Waals surface area contributed by atoms with E-state index in [1.807, 2.05) is 30.3 Å². The van der Waals surface area contributed by atoms with Crippen molar-refractivity contribution in [1.29, 1.82) is 0 Å². The number of aromatic nitrogens is 5. The number of benzene rings is 7. The van der Waals surface area contributed by atoms with Crippen LogP contribution in [0.15, 0.2) is 168 Å². The van der Waals surface area contributed by atoms with Gasteiger partial charge in [0.1, 0.15) is 11.2 Å². The average Bonchev–Trinajstić information content (AvgIpc) is 3.85. The summed E-state index contributed by atoms with van der Waals surface area (Å²) >= 11 is 0. The first-order chi connectivity index (χ1) is 25.3. The zero-order valence-electron chi connectivity index (χ0n) is 27.2. The highest BCUT2D eigenvalue weighted by Crippen LogP contribution is 2.37. The summed E-state index contributed by atoms with van der Waals surface area (Å²) < 4.78 is 10.7. The molecule has 238 valence electrons. The minimum absolute atomic E-state index is 0.540. The maximum Gasteiger partial charge on any atom is 0.240 e. The number of rotatable bonds is 4. The Kier molecular flexibility index (Phi) is 5.86. The molecule has 11 aromatic rings. The zero-order chi connectivity index (χ0) is 33.5. The predicted molar refractivity (Wildman–Crippen MR) is 207 cm³/mol. The van der Waals surface area contributed by atoms with Crippen LogP contribution < -0.4 is 0 Å². The fraction of sp³-hybridized carbons (Fsp3) is 0. The second-order valence-electron chi connectivity index (χ2n) is 12.9. The predicted octanol–water partition coefficient (Wildman–Crippen LogP) is 11.3. The third-order valence-corrected chi connectivity index (χ3v) is 10.0. The number of hydrogen-bond donors (Lipinski definition) is 0.